The van der Waals surface area contributed by atoms with Crippen LogP contribution in [-0.4, -0.2) is 19.6 Å². The van der Waals surface area contributed by atoms with Crippen LogP contribution >= 0.6 is 31.9 Å². The summed E-state index contributed by atoms with van der Waals surface area (Å²) in [6.45, 7) is 0. The van der Waals surface area contributed by atoms with Crippen molar-refractivity contribution in [3.63, 3.8) is 0 Å². The van der Waals surface area contributed by atoms with Gasteiger partial charge in [-0.25, -0.2) is 18.9 Å². The second kappa shape index (κ2) is 5.10. The van der Waals surface area contributed by atoms with Gasteiger partial charge >= 0.3 is 0 Å². The van der Waals surface area contributed by atoms with Gasteiger partial charge in [0.05, 0.1) is 5.52 Å². The molecule has 0 radical (unpaired) electrons. The maximum atomic E-state index is 13.4. The van der Waals surface area contributed by atoms with Crippen LogP contribution in [0.1, 0.15) is 0 Å². The third-order valence-corrected chi connectivity index (χ3v) is 4.34. The zero-order chi connectivity index (χ0) is 15.3. The van der Waals surface area contributed by atoms with Crippen LogP contribution in [0.2, 0.25) is 0 Å². The number of aromatic nitrogens is 4. The van der Waals surface area contributed by atoms with Crippen LogP contribution in [0.3, 0.4) is 0 Å². The molecule has 0 saturated heterocycles. The van der Waals surface area contributed by atoms with Gasteiger partial charge in [-0.2, -0.15) is 0 Å². The molecule has 7 heteroatoms. The van der Waals surface area contributed by atoms with Crippen molar-refractivity contribution in [3.8, 4) is 11.4 Å². The predicted molar refractivity (Wildman–Crippen MR) is 89.1 cm³/mol. The predicted octanol–water partition coefficient (Wildman–Crippen LogP) is 4.61. The zero-order valence-electron chi connectivity index (χ0n) is 11.0. The Hall–Kier alpha value is -1.86. The molecule has 4 nitrogen and oxygen atoms in total. The van der Waals surface area contributed by atoms with E-state index in [-0.39, 0.29) is 5.82 Å². The number of hydrogen-bond donors (Lipinski definition) is 0. The molecule has 0 aliphatic heterocycles. The summed E-state index contributed by atoms with van der Waals surface area (Å²) in [4.78, 5) is 8.93. The summed E-state index contributed by atoms with van der Waals surface area (Å²) < 4.78 is 16.8. The van der Waals surface area contributed by atoms with Crippen LogP contribution in [0, 0.1) is 5.82 Å². The van der Waals surface area contributed by atoms with Crippen LogP contribution in [0.25, 0.3) is 27.9 Å². The standard InChI is InChI=1S/C15H7Br2FN4/c16-9-5-11-13(12(17)6-9)19-7-22-15(11)20-14(21-22)8-2-1-3-10(18)4-8/h1-7H. The second-order valence-electron chi connectivity index (χ2n) is 4.74. The first kappa shape index (κ1) is 13.8. The van der Waals surface area contributed by atoms with Gasteiger partial charge in [0.2, 0.25) is 0 Å². The molecular formula is C15H7Br2FN4. The lowest BCUT2D eigenvalue weighted by atomic mass is 10.2. The highest BCUT2D eigenvalue weighted by Gasteiger charge is 2.12. The first-order chi connectivity index (χ1) is 10.6. The largest absolute Gasteiger partial charge is 0.235 e. The van der Waals surface area contributed by atoms with E-state index in [1.54, 1.807) is 23.0 Å². The molecule has 0 aliphatic carbocycles. The fraction of sp³-hybridized carbons (Fsp3) is 0. The van der Waals surface area contributed by atoms with Gasteiger partial charge in [-0.1, -0.05) is 28.1 Å². The number of benzene rings is 2. The number of rotatable bonds is 1. The van der Waals surface area contributed by atoms with E-state index >= 15 is 0 Å². The highest BCUT2D eigenvalue weighted by Crippen LogP contribution is 2.29. The van der Waals surface area contributed by atoms with Gasteiger partial charge in [0.15, 0.2) is 11.5 Å². The molecule has 0 N–H and O–H groups in total. The number of nitrogens with zero attached hydrogens (tertiary/aromatic N) is 4. The van der Waals surface area contributed by atoms with E-state index in [1.807, 2.05) is 12.1 Å². The van der Waals surface area contributed by atoms with Crippen molar-refractivity contribution in [2.24, 2.45) is 0 Å². The highest BCUT2D eigenvalue weighted by molar-refractivity contribution is 9.11. The van der Waals surface area contributed by atoms with E-state index in [0.29, 0.717) is 17.0 Å². The van der Waals surface area contributed by atoms with E-state index in [2.05, 4.69) is 46.9 Å². The lowest BCUT2D eigenvalue weighted by Gasteiger charge is -2.01. The van der Waals surface area contributed by atoms with Gasteiger partial charge in [-0.15, -0.1) is 5.10 Å². The van der Waals surface area contributed by atoms with E-state index in [9.17, 15) is 4.39 Å². The Labute approximate surface area is 141 Å². The van der Waals surface area contributed by atoms with Gasteiger partial charge in [0.25, 0.3) is 0 Å². The molecule has 2 aromatic heterocycles. The monoisotopic (exact) mass is 420 g/mol. The Morgan fingerprint density at radius 3 is 2.77 bits per heavy atom. The quantitative estimate of drug-likeness (QED) is 0.450. The summed E-state index contributed by atoms with van der Waals surface area (Å²) >= 11 is 6.96. The van der Waals surface area contributed by atoms with Crippen molar-refractivity contribution in [2.75, 3.05) is 0 Å². The summed E-state index contributed by atoms with van der Waals surface area (Å²) in [6, 6.07) is 10.1. The third-order valence-electron chi connectivity index (χ3n) is 3.28. The van der Waals surface area contributed by atoms with Crippen LogP contribution in [0.4, 0.5) is 4.39 Å². The Kier molecular flexibility index (Phi) is 3.19. The molecule has 108 valence electrons. The number of hydrogen-bond acceptors (Lipinski definition) is 3. The summed E-state index contributed by atoms with van der Waals surface area (Å²) in [5.74, 6) is 0.148. The van der Waals surface area contributed by atoms with Crippen molar-refractivity contribution < 1.29 is 4.39 Å². The Morgan fingerprint density at radius 1 is 1.09 bits per heavy atom. The molecule has 0 spiro atoms. The molecule has 0 fully saturated rings. The second-order valence-corrected chi connectivity index (χ2v) is 6.51. The average molecular weight is 422 g/mol. The number of fused-ring (bicyclic) bond motifs is 3. The molecule has 22 heavy (non-hydrogen) atoms. The third kappa shape index (κ3) is 2.21. The molecule has 4 aromatic rings. The molecule has 0 bridgehead atoms. The van der Waals surface area contributed by atoms with Crippen molar-refractivity contribution >= 4 is 48.4 Å². The average Bonchev–Trinajstić information content (AvgIpc) is 2.91. The maximum Gasteiger partial charge on any atom is 0.182 e. The topological polar surface area (TPSA) is 43.1 Å². The molecule has 4 rings (SSSR count). The lowest BCUT2D eigenvalue weighted by molar-refractivity contribution is 0.628. The maximum absolute atomic E-state index is 13.4. The van der Waals surface area contributed by atoms with E-state index in [0.717, 1.165) is 19.8 Å². The van der Waals surface area contributed by atoms with Crippen molar-refractivity contribution in [1.82, 2.24) is 19.6 Å². The summed E-state index contributed by atoms with van der Waals surface area (Å²) in [6.07, 6.45) is 1.60. The van der Waals surface area contributed by atoms with Crippen LogP contribution in [0.5, 0.6) is 0 Å². The summed E-state index contributed by atoms with van der Waals surface area (Å²) in [5.41, 5.74) is 2.10. The molecule has 2 aromatic carbocycles. The molecule has 0 saturated carbocycles. The van der Waals surface area contributed by atoms with Gasteiger partial charge in [-0.05, 0) is 40.2 Å². The summed E-state index contributed by atoms with van der Waals surface area (Å²) in [7, 11) is 0. The molecule has 0 amide bonds. The Morgan fingerprint density at radius 2 is 1.95 bits per heavy atom. The number of halogens is 3. The first-order valence-corrected chi connectivity index (χ1v) is 7.96. The van der Waals surface area contributed by atoms with Gasteiger partial charge in [0, 0.05) is 19.9 Å². The van der Waals surface area contributed by atoms with Crippen LogP contribution in [0.15, 0.2) is 51.7 Å². The fourth-order valence-corrected chi connectivity index (χ4v) is 3.64. The Balaban J connectivity index is 2.03. The van der Waals surface area contributed by atoms with Crippen LogP contribution < -0.4 is 0 Å². The zero-order valence-corrected chi connectivity index (χ0v) is 14.1. The minimum atomic E-state index is -0.315. The minimum Gasteiger partial charge on any atom is -0.235 e. The van der Waals surface area contributed by atoms with Crippen molar-refractivity contribution in [3.05, 3.63) is 57.5 Å². The SMILES string of the molecule is Fc1cccc(-c2nc3c4cc(Br)cc(Br)c4ncn3n2)c1. The fourth-order valence-electron chi connectivity index (χ4n) is 2.32. The smallest absolute Gasteiger partial charge is 0.182 e. The van der Waals surface area contributed by atoms with Gasteiger partial charge in [-0.3, -0.25) is 0 Å². The first-order valence-electron chi connectivity index (χ1n) is 6.38. The van der Waals surface area contributed by atoms with Gasteiger partial charge < -0.3 is 0 Å². The minimum absolute atomic E-state index is 0.315. The van der Waals surface area contributed by atoms with E-state index in [1.165, 1.54) is 12.1 Å². The highest BCUT2D eigenvalue weighted by atomic mass is 79.9. The lowest BCUT2D eigenvalue weighted by Crippen LogP contribution is -1.92. The normalized spacial score (nSPS) is 11.4. The van der Waals surface area contributed by atoms with E-state index in [4.69, 9.17) is 0 Å². The molecule has 0 atom stereocenters. The van der Waals surface area contributed by atoms with Crippen molar-refractivity contribution in [1.29, 1.82) is 0 Å². The van der Waals surface area contributed by atoms with Crippen LogP contribution in [-0.2, 0) is 0 Å². The molecular weight excluding hydrogens is 415 g/mol. The molecule has 2 heterocycles. The van der Waals surface area contributed by atoms with E-state index < -0.39 is 0 Å². The Bertz CT molecular complexity index is 1030. The summed E-state index contributed by atoms with van der Waals surface area (Å²) in [5, 5.41) is 5.24. The van der Waals surface area contributed by atoms with Gasteiger partial charge in [0.1, 0.15) is 12.1 Å². The molecule has 0 unspecified atom stereocenters. The molecule has 0 aliphatic rings. The van der Waals surface area contributed by atoms with Crippen molar-refractivity contribution in [2.45, 2.75) is 0 Å².